The zero-order valence-electron chi connectivity index (χ0n) is 13.1. The number of ketones is 1. The van der Waals surface area contributed by atoms with Gasteiger partial charge in [0.15, 0.2) is 5.76 Å². The first kappa shape index (κ1) is 14.6. The Morgan fingerprint density at radius 2 is 2.12 bits per heavy atom. The minimum absolute atomic E-state index is 0.0137. The molecule has 0 bridgehead atoms. The van der Waals surface area contributed by atoms with Crippen LogP contribution in [-0.4, -0.2) is 16.7 Å². The molecule has 0 atom stereocenters. The number of hydrogen-bond donors (Lipinski definition) is 0. The Bertz CT molecular complexity index is 866. The molecule has 2 heterocycles. The van der Waals surface area contributed by atoms with E-state index in [1.165, 1.54) is 0 Å². The molecule has 0 saturated heterocycles. The van der Waals surface area contributed by atoms with E-state index in [-0.39, 0.29) is 23.4 Å². The largest absolute Gasteiger partial charge is 0.452 e. The van der Waals surface area contributed by atoms with Crippen molar-refractivity contribution in [3.8, 4) is 11.5 Å². The Morgan fingerprint density at radius 1 is 1.29 bits per heavy atom. The highest BCUT2D eigenvalue weighted by Gasteiger charge is 2.34. The van der Waals surface area contributed by atoms with Crippen molar-refractivity contribution in [2.75, 3.05) is 0 Å². The molecular weight excluding hydrogens is 306 g/mol. The number of nitrogens with zero attached hydrogens (tertiary/aromatic N) is 1. The van der Waals surface area contributed by atoms with Crippen LogP contribution in [0.5, 0.6) is 11.5 Å². The molecule has 1 aliphatic carbocycles. The van der Waals surface area contributed by atoms with E-state index in [0.29, 0.717) is 28.3 Å². The third kappa shape index (κ3) is 2.58. The summed E-state index contributed by atoms with van der Waals surface area (Å²) in [5.41, 5.74) is 1.77. The van der Waals surface area contributed by atoms with Gasteiger partial charge in [-0.1, -0.05) is 6.07 Å². The van der Waals surface area contributed by atoms with Gasteiger partial charge in [-0.15, -0.1) is 0 Å². The van der Waals surface area contributed by atoms with E-state index in [9.17, 15) is 9.59 Å². The summed E-state index contributed by atoms with van der Waals surface area (Å²) >= 11 is 0. The summed E-state index contributed by atoms with van der Waals surface area (Å²) in [7, 11) is 0. The summed E-state index contributed by atoms with van der Waals surface area (Å²) in [6, 6.07) is 8.73. The minimum Gasteiger partial charge on any atom is -0.452 e. The normalized spacial score (nSPS) is 17.5. The maximum Gasteiger partial charge on any atom is 0.314 e. The zero-order chi connectivity index (χ0) is 16.7. The van der Waals surface area contributed by atoms with Crippen LogP contribution in [0.25, 0.3) is 6.08 Å². The predicted molar refractivity (Wildman–Crippen MR) is 86.7 cm³/mol. The summed E-state index contributed by atoms with van der Waals surface area (Å²) in [6.45, 7) is 1.78. The second-order valence-electron chi connectivity index (χ2n) is 5.96. The van der Waals surface area contributed by atoms with Crippen LogP contribution in [0, 0.1) is 12.8 Å². The molecule has 1 saturated carbocycles. The number of aromatic nitrogens is 1. The zero-order valence-corrected chi connectivity index (χ0v) is 13.1. The number of pyridine rings is 1. The van der Waals surface area contributed by atoms with Gasteiger partial charge < -0.3 is 9.47 Å². The number of benzene rings is 1. The Labute approximate surface area is 138 Å². The molecule has 1 fully saturated rings. The van der Waals surface area contributed by atoms with Crippen molar-refractivity contribution in [3.05, 3.63) is 59.1 Å². The van der Waals surface area contributed by atoms with Crippen LogP contribution in [0.2, 0.25) is 0 Å². The Hall–Kier alpha value is -2.95. The molecule has 0 spiro atoms. The van der Waals surface area contributed by atoms with Gasteiger partial charge in [-0.3, -0.25) is 14.6 Å². The van der Waals surface area contributed by atoms with Gasteiger partial charge in [0.05, 0.1) is 17.2 Å². The third-order valence-electron chi connectivity index (χ3n) is 4.12. The van der Waals surface area contributed by atoms with Crippen molar-refractivity contribution in [2.24, 2.45) is 5.92 Å². The van der Waals surface area contributed by atoms with Gasteiger partial charge in [0, 0.05) is 17.8 Å². The SMILES string of the molecule is Cc1c(OC(=O)C2CC2)ccc2c1O/C(=C\c1ccccn1)C2=O. The fourth-order valence-electron chi connectivity index (χ4n) is 2.58. The number of carbonyl (C=O) groups excluding carboxylic acids is 2. The van der Waals surface area contributed by atoms with Crippen LogP contribution < -0.4 is 9.47 Å². The van der Waals surface area contributed by atoms with Crippen LogP contribution in [0.3, 0.4) is 0 Å². The smallest absolute Gasteiger partial charge is 0.314 e. The molecule has 0 unspecified atom stereocenters. The quantitative estimate of drug-likeness (QED) is 0.493. The van der Waals surface area contributed by atoms with Gasteiger partial charge in [0.25, 0.3) is 0 Å². The van der Waals surface area contributed by atoms with Gasteiger partial charge in [0.2, 0.25) is 5.78 Å². The molecule has 5 heteroatoms. The van der Waals surface area contributed by atoms with Crippen molar-refractivity contribution >= 4 is 17.8 Å². The lowest BCUT2D eigenvalue weighted by Gasteiger charge is -2.09. The number of ether oxygens (including phenoxy) is 2. The van der Waals surface area contributed by atoms with E-state index in [1.54, 1.807) is 43.5 Å². The molecular formula is C19H15NO4. The van der Waals surface area contributed by atoms with Crippen molar-refractivity contribution < 1.29 is 19.1 Å². The van der Waals surface area contributed by atoms with Crippen molar-refractivity contribution in [1.29, 1.82) is 0 Å². The second-order valence-corrected chi connectivity index (χ2v) is 5.96. The predicted octanol–water partition coefficient (Wildman–Crippen LogP) is 3.32. The lowest BCUT2D eigenvalue weighted by molar-refractivity contribution is -0.135. The number of Topliss-reactive ketones (excluding diaryl/α,β-unsaturated/α-hetero) is 1. The molecule has 2 aliphatic rings. The molecule has 0 N–H and O–H groups in total. The molecule has 1 aromatic heterocycles. The highest BCUT2D eigenvalue weighted by Crippen LogP contribution is 2.40. The summed E-state index contributed by atoms with van der Waals surface area (Å²) in [6.07, 6.45) is 5.03. The van der Waals surface area contributed by atoms with Gasteiger partial charge in [-0.2, -0.15) is 0 Å². The van der Waals surface area contributed by atoms with E-state index in [2.05, 4.69) is 4.98 Å². The van der Waals surface area contributed by atoms with E-state index in [1.807, 2.05) is 6.07 Å². The second kappa shape index (κ2) is 5.60. The lowest BCUT2D eigenvalue weighted by atomic mass is 10.1. The molecule has 2 aromatic rings. The first-order valence-electron chi connectivity index (χ1n) is 7.84. The molecule has 4 rings (SSSR count). The number of rotatable bonds is 3. The summed E-state index contributed by atoms with van der Waals surface area (Å²) in [5, 5.41) is 0. The van der Waals surface area contributed by atoms with Crippen molar-refractivity contribution in [3.63, 3.8) is 0 Å². The summed E-state index contributed by atoms with van der Waals surface area (Å²) in [5.74, 6) is 0.712. The molecule has 1 aromatic carbocycles. The third-order valence-corrected chi connectivity index (χ3v) is 4.12. The fourth-order valence-corrected chi connectivity index (χ4v) is 2.58. The van der Waals surface area contributed by atoms with Gasteiger partial charge in [0.1, 0.15) is 11.5 Å². The number of hydrogen-bond acceptors (Lipinski definition) is 5. The number of carbonyl (C=O) groups is 2. The number of fused-ring (bicyclic) bond motifs is 1. The standard InChI is InChI=1S/C19H15NO4/c1-11-15(24-19(22)12-5-6-12)8-7-14-17(21)16(23-18(11)14)10-13-4-2-3-9-20-13/h2-4,7-10,12H,5-6H2,1H3/b16-10-. The molecule has 24 heavy (non-hydrogen) atoms. The lowest BCUT2D eigenvalue weighted by Crippen LogP contribution is -2.10. The average Bonchev–Trinajstić information content (AvgIpc) is 3.39. The molecule has 5 nitrogen and oxygen atoms in total. The van der Waals surface area contributed by atoms with E-state index < -0.39 is 0 Å². The Kier molecular flexibility index (Phi) is 3.41. The molecule has 120 valence electrons. The van der Waals surface area contributed by atoms with Crippen LogP contribution in [0.1, 0.15) is 34.5 Å². The maximum absolute atomic E-state index is 12.5. The Morgan fingerprint density at radius 3 is 2.83 bits per heavy atom. The Balaban J connectivity index is 1.64. The summed E-state index contributed by atoms with van der Waals surface area (Å²) < 4.78 is 11.2. The van der Waals surface area contributed by atoms with Crippen LogP contribution in [0.4, 0.5) is 0 Å². The highest BCUT2D eigenvalue weighted by atomic mass is 16.5. The van der Waals surface area contributed by atoms with Gasteiger partial charge in [-0.05, 0) is 44.0 Å². The van der Waals surface area contributed by atoms with Crippen molar-refractivity contribution in [2.45, 2.75) is 19.8 Å². The number of esters is 1. The van der Waals surface area contributed by atoms with E-state index in [4.69, 9.17) is 9.47 Å². The highest BCUT2D eigenvalue weighted by molar-refractivity contribution is 6.14. The number of allylic oxidation sites excluding steroid dienone is 1. The van der Waals surface area contributed by atoms with Crippen LogP contribution >= 0.6 is 0 Å². The maximum atomic E-state index is 12.5. The van der Waals surface area contributed by atoms with E-state index in [0.717, 1.165) is 12.8 Å². The van der Waals surface area contributed by atoms with Gasteiger partial charge in [-0.25, -0.2) is 0 Å². The topological polar surface area (TPSA) is 65.5 Å². The van der Waals surface area contributed by atoms with Crippen LogP contribution in [0.15, 0.2) is 42.3 Å². The molecule has 0 radical (unpaired) electrons. The molecule has 1 aliphatic heterocycles. The monoisotopic (exact) mass is 321 g/mol. The first-order chi connectivity index (χ1) is 11.6. The molecule has 0 amide bonds. The average molecular weight is 321 g/mol. The van der Waals surface area contributed by atoms with Crippen molar-refractivity contribution in [1.82, 2.24) is 4.98 Å². The van der Waals surface area contributed by atoms with Crippen LogP contribution in [-0.2, 0) is 4.79 Å². The van der Waals surface area contributed by atoms with Gasteiger partial charge >= 0.3 is 5.97 Å². The summed E-state index contributed by atoms with van der Waals surface area (Å²) in [4.78, 5) is 28.5. The first-order valence-corrected chi connectivity index (χ1v) is 7.84. The minimum atomic E-state index is -0.216. The fraction of sp³-hybridized carbons (Fsp3) is 0.211. The van der Waals surface area contributed by atoms with E-state index >= 15 is 0 Å².